The average molecular weight is 409 g/mol. The van der Waals surface area contributed by atoms with Crippen LogP contribution in [0, 0.1) is 0 Å². The summed E-state index contributed by atoms with van der Waals surface area (Å²) in [6.45, 7) is 0. The van der Waals surface area contributed by atoms with Crippen molar-refractivity contribution >= 4 is 43.6 Å². The Morgan fingerprint density at radius 1 is 0.500 bits per heavy atom. The van der Waals surface area contributed by atoms with Gasteiger partial charge in [0.05, 0.1) is 22.1 Å². The fraction of sp³-hybridized carbons (Fsp3) is 0. The number of nitrogens with zero attached hydrogens (tertiary/aromatic N) is 3. The zero-order valence-corrected chi connectivity index (χ0v) is 17.3. The first-order valence-corrected chi connectivity index (χ1v) is 10.8. The van der Waals surface area contributed by atoms with Crippen LogP contribution < -0.4 is 0 Å². The Balaban J connectivity index is 1.71. The molecule has 7 rings (SSSR count). The summed E-state index contributed by atoms with van der Waals surface area (Å²) in [7, 11) is 0. The lowest BCUT2D eigenvalue weighted by atomic mass is 10.1. The Morgan fingerprint density at radius 3 is 1.84 bits per heavy atom. The van der Waals surface area contributed by atoms with E-state index in [0.717, 1.165) is 11.1 Å². The molecule has 0 fully saturated rings. The summed E-state index contributed by atoms with van der Waals surface area (Å²) >= 11 is 0. The Kier molecular flexibility index (Phi) is 3.55. The topological polar surface area (TPSA) is 22.8 Å². The van der Waals surface area contributed by atoms with Gasteiger partial charge in [-0.3, -0.25) is 4.98 Å². The Labute approximate surface area is 184 Å². The molecule has 4 aromatic carbocycles. The zero-order chi connectivity index (χ0) is 21.1. The highest BCUT2D eigenvalue weighted by Gasteiger charge is 2.21. The second kappa shape index (κ2) is 6.56. The van der Waals surface area contributed by atoms with Gasteiger partial charge in [0.1, 0.15) is 0 Å². The molecule has 0 saturated carbocycles. The van der Waals surface area contributed by atoms with Gasteiger partial charge < -0.3 is 9.13 Å². The quantitative estimate of drug-likeness (QED) is 0.294. The van der Waals surface area contributed by atoms with Crippen LogP contribution in [-0.2, 0) is 0 Å². The molecule has 0 aliphatic carbocycles. The van der Waals surface area contributed by atoms with E-state index in [2.05, 4.69) is 117 Å². The van der Waals surface area contributed by atoms with Crippen molar-refractivity contribution in [2.24, 2.45) is 0 Å². The van der Waals surface area contributed by atoms with Crippen molar-refractivity contribution in [2.75, 3.05) is 0 Å². The monoisotopic (exact) mass is 409 g/mol. The highest BCUT2D eigenvalue weighted by Crippen LogP contribution is 2.40. The Hall–Kier alpha value is -4.37. The average Bonchev–Trinajstić information content (AvgIpc) is 3.37. The lowest BCUT2D eigenvalue weighted by Gasteiger charge is -2.09. The summed E-state index contributed by atoms with van der Waals surface area (Å²) in [5.74, 6) is 0. The molecule has 3 aromatic heterocycles. The van der Waals surface area contributed by atoms with Gasteiger partial charge in [-0.2, -0.15) is 0 Å². The van der Waals surface area contributed by atoms with Crippen LogP contribution in [-0.4, -0.2) is 14.1 Å². The van der Waals surface area contributed by atoms with Crippen molar-refractivity contribution in [2.45, 2.75) is 0 Å². The van der Waals surface area contributed by atoms with E-state index in [9.17, 15) is 0 Å². The van der Waals surface area contributed by atoms with E-state index in [1.54, 1.807) is 0 Å². The van der Waals surface area contributed by atoms with E-state index < -0.39 is 0 Å². The van der Waals surface area contributed by atoms with Gasteiger partial charge in [-0.25, -0.2) is 0 Å². The molecule has 32 heavy (non-hydrogen) atoms. The smallest absolute Gasteiger partial charge is 0.0803 e. The summed E-state index contributed by atoms with van der Waals surface area (Å²) in [6, 6.07) is 36.7. The molecule has 0 saturated heterocycles. The lowest BCUT2D eigenvalue weighted by molar-refractivity contribution is 1.18. The Morgan fingerprint density at radius 2 is 1.12 bits per heavy atom. The summed E-state index contributed by atoms with van der Waals surface area (Å²) in [6.07, 6.45) is 3.78. The van der Waals surface area contributed by atoms with Crippen molar-refractivity contribution in [3.05, 3.63) is 116 Å². The third-order valence-electron chi connectivity index (χ3n) is 6.37. The fourth-order valence-corrected chi connectivity index (χ4v) is 5.01. The molecule has 0 unspecified atom stereocenters. The highest BCUT2D eigenvalue weighted by atomic mass is 15.1. The van der Waals surface area contributed by atoms with Gasteiger partial charge >= 0.3 is 0 Å². The molecular formula is C29H19N3. The number of aromatic nitrogens is 3. The van der Waals surface area contributed by atoms with Crippen molar-refractivity contribution in [1.82, 2.24) is 14.1 Å². The molecule has 3 heterocycles. The van der Waals surface area contributed by atoms with Crippen LogP contribution >= 0.6 is 0 Å². The minimum absolute atomic E-state index is 1.15. The molecule has 0 aliphatic heterocycles. The summed E-state index contributed by atoms with van der Waals surface area (Å²) < 4.78 is 4.81. The number of pyridine rings is 1. The molecule has 0 N–H and O–H groups in total. The van der Waals surface area contributed by atoms with Gasteiger partial charge in [0.25, 0.3) is 0 Å². The van der Waals surface area contributed by atoms with E-state index in [1.807, 2.05) is 12.4 Å². The van der Waals surface area contributed by atoms with Crippen LogP contribution in [0.5, 0.6) is 0 Å². The van der Waals surface area contributed by atoms with Crippen molar-refractivity contribution in [3.8, 4) is 11.4 Å². The molecule has 0 aliphatic rings. The predicted molar refractivity (Wildman–Crippen MR) is 133 cm³/mol. The van der Waals surface area contributed by atoms with E-state index >= 15 is 0 Å². The molecule has 0 atom stereocenters. The number of hydrogen-bond donors (Lipinski definition) is 0. The van der Waals surface area contributed by atoms with Gasteiger partial charge in [-0.1, -0.05) is 60.7 Å². The molecule has 0 radical (unpaired) electrons. The summed E-state index contributed by atoms with van der Waals surface area (Å²) in [5, 5.41) is 4.83. The third-order valence-corrected chi connectivity index (χ3v) is 6.37. The molecule has 0 bridgehead atoms. The largest absolute Gasteiger partial charge is 0.307 e. The second-order valence-electron chi connectivity index (χ2n) is 8.15. The third kappa shape index (κ3) is 2.33. The standard InChI is InChI=1S/C29H19N3/c1-2-8-22(9-3-1)31-26-12-6-4-10-24(26)29-28(31)25-11-5-7-13-27(25)32(29)23-15-14-21-19-30-17-16-20(21)18-23/h1-19H. The number of benzene rings is 4. The maximum atomic E-state index is 4.27. The molecule has 3 nitrogen and oxygen atoms in total. The van der Waals surface area contributed by atoms with Crippen molar-refractivity contribution in [3.63, 3.8) is 0 Å². The molecule has 0 amide bonds. The minimum atomic E-state index is 1.15. The molecule has 0 spiro atoms. The number of para-hydroxylation sites is 3. The van der Waals surface area contributed by atoms with Gasteiger partial charge in [0, 0.05) is 39.9 Å². The SMILES string of the molecule is c1ccc(-n2c3ccccc3c3c2c2ccccc2n3-c2ccc3cnccc3c2)cc1. The Bertz CT molecular complexity index is 1770. The summed E-state index contributed by atoms with van der Waals surface area (Å²) in [5.41, 5.74) is 7.23. The van der Waals surface area contributed by atoms with Gasteiger partial charge in [0.2, 0.25) is 0 Å². The van der Waals surface area contributed by atoms with E-state index in [1.165, 1.54) is 43.9 Å². The summed E-state index contributed by atoms with van der Waals surface area (Å²) in [4.78, 5) is 4.27. The van der Waals surface area contributed by atoms with Crippen LogP contribution in [0.25, 0.3) is 55.0 Å². The van der Waals surface area contributed by atoms with Crippen LogP contribution in [0.3, 0.4) is 0 Å². The van der Waals surface area contributed by atoms with Crippen LogP contribution in [0.2, 0.25) is 0 Å². The van der Waals surface area contributed by atoms with Crippen LogP contribution in [0.1, 0.15) is 0 Å². The van der Waals surface area contributed by atoms with Crippen LogP contribution in [0.15, 0.2) is 116 Å². The van der Waals surface area contributed by atoms with E-state index in [4.69, 9.17) is 0 Å². The molecule has 150 valence electrons. The fourth-order valence-electron chi connectivity index (χ4n) is 5.01. The predicted octanol–water partition coefficient (Wildman–Crippen LogP) is 7.28. The molecule has 3 heteroatoms. The first-order chi connectivity index (χ1) is 15.9. The molecular weight excluding hydrogens is 390 g/mol. The number of hydrogen-bond acceptors (Lipinski definition) is 1. The normalized spacial score (nSPS) is 11.8. The number of fused-ring (bicyclic) bond motifs is 6. The van der Waals surface area contributed by atoms with Gasteiger partial charge in [-0.05, 0) is 47.9 Å². The number of rotatable bonds is 2. The molecule has 7 aromatic rings. The zero-order valence-electron chi connectivity index (χ0n) is 17.3. The lowest BCUT2D eigenvalue weighted by Crippen LogP contribution is -1.93. The van der Waals surface area contributed by atoms with E-state index in [-0.39, 0.29) is 0 Å². The second-order valence-corrected chi connectivity index (χ2v) is 8.15. The van der Waals surface area contributed by atoms with Crippen molar-refractivity contribution < 1.29 is 0 Å². The first kappa shape index (κ1) is 17.3. The maximum absolute atomic E-state index is 4.27. The van der Waals surface area contributed by atoms with Gasteiger partial charge in [0.15, 0.2) is 0 Å². The van der Waals surface area contributed by atoms with Crippen LogP contribution in [0.4, 0.5) is 0 Å². The van der Waals surface area contributed by atoms with Crippen molar-refractivity contribution in [1.29, 1.82) is 0 Å². The highest BCUT2D eigenvalue weighted by molar-refractivity contribution is 6.20. The first-order valence-electron chi connectivity index (χ1n) is 10.8. The van der Waals surface area contributed by atoms with E-state index in [0.29, 0.717) is 0 Å². The maximum Gasteiger partial charge on any atom is 0.0803 e. The minimum Gasteiger partial charge on any atom is -0.307 e. The van der Waals surface area contributed by atoms with Gasteiger partial charge in [-0.15, -0.1) is 0 Å².